The fourth-order valence-electron chi connectivity index (χ4n) is 3.41. The molecule has 1 aliphatic heterocycles. The summed E-state index contributed by atoms with van der Waals surface area (Å²) in [6.07, 6.45) is 2.66. The first-order valence-electron chi connectivity index (χ1n) is 9.70. The number of aromatic hydroxyl groups is 1. The molecule has 1 N–H and O–H groups in total. The number of benzene rings is 2. The van der Waals surface area contributed by atoms with Crippen LogP contribution in [-0.2, 0) is 19.1 Å². The van der Waals surface area contributed by atoms with Crippen molar-refractivity contribution in [3.63, 3.8) is 0 Å². The van der Waals surface area contributed by atoms with E-state index < -0.39 is 29.5 Å². The lowest BCUT2D eigenvalue weighted by Crippen LogP contribution is -2.28. The van der Waals surface area contributed by atoms with E-state index in [0.717, 1.165) is 26.4 Å². The predicted octanol–water partition coefficient (Wildman–Crippen LogP) is 4.44. The van der Waals surface area contributed by atoms with Gasteiger partial charge in [-0.1, -0.05) is 11.6 Å². The number of rotatable bonds is 6. The van der Waals surface area contributed by atoms with Crippen molar-refractivity contribution in [2.75, 3.05) is 25.7 Å². The molecular weight excluding hydrogens is 460 g/mol. The zero-order valence-electron chi connectivity index (χ0n) is 17.9. The highest BCUT2D eigenvalue weighted by molar-refractivity contribution is 6.32. The Balaban J connectivity index is 2.23. The Morgan fingerprint density at radius 2 is 1.64 bits per heavy atom. The van der Waals surface area contributed by atoms with Crippen molar-refractivity contribution in [2.45, 2.75) is 12.8 Å². The first kappa shape index (κ1) is 24.1. The predicted molar refractivity (Wildman–Crippen MR) is 116 cm³/mol. The molecule has 2 aromatic carbocycles. The van der Waals surface area contributed by atoms with Gasteiger partial charge >= 0.3 is 11.9 Å². The molecule has 0 spiro atoms. The standard InChI is InChI=1S/C23H20ClF2NO6/c1-4-33-19-8-12(7-16(24)21(19)28)20-14(22(29)31-2)10-27(11-15(20)23(30)32-3)13-5-6-17(25)18(26)9-13/h5-11,20,28H,4H2,1-3H3. The summed E-state index contributed by atoms with van der Waals surface area (Å²) in [5.41, 5.74) is 0.442. The van der Waals surface area contributed by atoms with Crippen LogP contribution in [0.2, 0.25) is 5.02 Å². The number of halogens is 3. The maximum absolute atomic E-state index is 13.8. The van der Waals surface area contributed by atoms with Crippen molar-refractivity contribution >= 4 is 29.2 Å². The van der Waals surface area contributed by atoms with Gasteiger partial charge in [0.2, 0.25) is 0 Å². The molecule has 10 heteroatoms. The van der Waals surface area contributed by atoms with Gasteiger partial charge in [-0.3, -0.25) is 0 Å². The molecule has 0 bridgehead atoms. The minimum Gasteiger partial charge on any atom is -0.503 e. The van der Waals surface area contributed by atoms with Crippen LogP contribution in [0.4, 0.5) is 14.5 Å². The number of nitrogens with zero attached hydrogens (tertiary/aromatic N) is 1. The molecule has 174 valence electrons. The van der Waals surface area contributed by atoms with Crippen LogP contribution in [-0.4, -0.2) is 37.9 Å². The SMILES string of the molecule is CCOc1cc(C2C(C(=O)OC)=CN(c3ccc(F)c(F)c3)C=C2C(=O)OC)cc(Cl)c1O. The Bertz CT molecular complexity index is 1130. The third kappa shape index (κ3) is 4.78. The third-order valence-electron chi connectivity index (χ3n) is 4.91. The maximum atomic E-state index is 13.8. The minimum atomic E-state index is -1.11. The van der Waals surface area contributed by atoms with Crippen molar-refractivity contribution < 1.29 is 37.7 Å². The van der Waals surface area contributed by atoms with E-state index >= 15 is 0 Å². The lowest BCUT2D eigenvalue weighted by Gasteiger charge is -2.30. The summed E-state index contributed by atoms with van der Waals surface area (Å²) < 4.78 is 42.5. The van der Waals surface area contributed by atoms with Crippen molar-refractivity contribution in [3.05, 3.63) is 76.1 Å². The molecule has 0 unspecified atom stereocenters. The second kappa shape index (κ2) is 9.91. The van der Waals surface area contributed by atoms with E-state index in [1.54, 1.807) is 6.92 Å². The van der Waals surface area contributed by atoms with Crippen LogP contribution in [0.1, 0.15) is 18.4 Å². The van der Waals surface area contributed by atoms with Gasteiger partial charge in [-0.05, 0) is 36.8 Å². The van der Waals surface area contributed by atoms with E-state index in [4.69, 9.17) is 25.8 Å². The van der Waals surface area contributed by atoms with Gasteiger partial charge in [-0.2, -0.15) is 0 Å². The summed E-state index contributed by atoms with van der Waals surface area (Å²) >= 11 is 6.16. The van der Waals surface area contributed by atoms with Crippen molar-refractivity contribution in [1.82, 2.24) is 0 Å². The Labute approximate surface area is 193 Å². The summed E-state index contributed by atoms with van der Waals surface area (Å²) in [4.78, 5) is 26.7. The van der Waals surface area contributed by atoms with Crippen molar-refractivity contribution in [2.24, 2.45) is 0 Å². The van der Waals surface area contributed by atoms with Gasteiger partial charge in [-0.25, -0.2) is 18.4 Å². The van der Waals surface area contributed by atoms with E-state index in [2.05, 4.69) is 0 Å². The van der Waals surface area contributed by atoms with Gasteiger partial charge in [-0.15, -0.1) is 0 Å². The number of phenols is 1. The highest BCUT2D eigenvalue weighted by atomic mass is 35.5. The number of anilines is 1. The van der Waals surface area contributed by atoms with Crippen LogP contribution >= 0.6 is 11.6 Å². The maximum Gasteiger partial charge on any atom is 0.336 e. The summed E-state index contributed by atoms with van der Waals surface area (Å²) in [5.74, 6) is -5.00. The Morgan fingerprint density at radius 3 is 2.15 bits per heavy atom. The quantitative estimate of drug-likeness (QED) is 0.613. The van der Waals surface area contributed by atoms with Crippen LogP contribution in [0.3, 0.4) is 0 Å². The molecule has 0 aliphatic carbocycles. The van der Waals surface area contributed by atoms with Gasteiger partial charge in [0.25, 0.3) is 0 Å². The van der Waals surface area contributed by atoms with Crippen LogP contribution in [0, 0.1) is 11.6 Å². The molecule has 1 aliphatic rings. The van der Waals surface area contributed by atoms with Gasteiger partial charge in [0.05, 0.1) is 42.9 Å². The van der Waals surface area contributed by atoms with E-state index in [1.807, 2.05) is 0 Å². The fourth-order valence-corrected chi connectivity index (χ4v) is 3.63. The molecule has 0 atom stereocenters. The lowest BCUT2D eigenvalue weighted by atomic mass is 9.83. The van der Waals surface area contributed by atoms with Crippen LogP contribution < -0.4 is 9.64 Å². The first-order chi connectivity index (χ1) is 15.7. The smallest absolute Gasteiger partial charge is 0.336 e. The molecule has 0 amide bonds. The fraction of sp³-hybridized carbons (Fsp3) is 0.217. The molecule has 0 saturated heterocycles. The average molecular weight is 480 g/mol. The van der Waals surface area contributed by atoms with Gasteiger partial charge < -0.3 is 24.2 Å². The molecule has 2 aromatic rings. The zero-order chi connectivity index (χ0) is 24.3. The molecule has 3 rings (SSSR count). The van der Waals surface area contributed by atoms with Gasteiger partial charge in [0, 0.05) is 24.2 Å². The number of hydrogen-bond acceptors (Lipinski definition) is 7. The molecule has 33 heavy (non-hydrogen) atoms. The largest absolute Gasteiger partial charge is 0.503 e. The Hall–Kier alpha value is -3.59. The van der Waals surface area contributed by atoms with Crippen molar-refractivity contribution in [1.29, 1.82) is 0 Å². The topological polar surface area (TPSA) is 85.3 Å². The summed E-state index contributed by atoms with van der Waals surface area (Å²) in [6.45, 7) is 1.93. The lowest BCUT2D eigenvalue weighted by molar-refractivity contribution is -0.137. The highest BCUT2D eigenvalue weighted by Crippen LogP contribution is 2.44. The molecule has 1 heterocycles. The monoisotopic (exact) mass is 479 g/mol. The minimum absolute atomic E-state index is 0.0191. The molecule has 0 radical (unpaired) electrons. The number of hydrogen-bond donors (Lipinski definition) is 1. The average Bonchev–Trinajstić information content (AvgIpc) is 2.81. The van der Waals surface area contributed by atoms with Crippen LogP contribution in [0.25, 0.3) is 0 Å². The number of esters is 2. The number of carbonyl (C=O) groups is 2. The third-order valence-corrected chi connectivity index (χ3v) is 5.19. The van der Waals surface area contributed by atoms with Crippen LogP contribution in [0.15, 0.2) is 53.9 Å². The van der Waals surface area contributed by atoms with E-state index in [1.165, 1.54) is 35.5 Å². The Kier molecular flexibility index (Phi) is 7.23. The number of carbonyl (C=O) groups excluding carboxylic acids is 2. The molecule has 7 nitrogen and oxygen atoms in total. The van der Waals surface area contributed by atoms with Crippen LogP contribution in [0.5, 0.6) is 11.5 Å². The van der Waals surface area contributed by atoms with Gasteiger partial charge in [0.15, 0.2) is 23.1 Å². The molecule has 0 fully saturated rings. The van der Waals surface area contributed by atoms with Crippen molar-refractivity contribution in [3.8, 4) is 11.5 Å². The summed E-state index contributed by atoms with van der Waals surface area (Å²) in [5, 5.41) is 10.1. The Morgan fingerprint density at radius 1 is 1.03 bits per heavy atom. The van der Waals surface area contributed by atoms with E-state index in [9.17, 15) is 23.5 Å². The number of phenolic OH excluding ortho intramolecular Hbond substituents is 1. The normalized spacial score (nSPS) is 13.8. The van der Waals surface area contributed by atoms with E-state index in [-0.39, 0.29) is 40.0 Å². The second-order valence-corrected chi connectivity index (χ2v) is 7.28. The zero-order valence-corrected chi connectivity index (χ0v) is 18.7. The number of methoxy groups -OCH3 is 2. The van der Waals surface area contributed by atoms with E-state index in [0.29, 0.717) is 5.56 Å². The highest BCUT2D eigenvalue weighted by Gasteiger charge is 2.36. The first-order valence-corrected chi connectivity index (χ1v) is 10.1. The summed E-state index contributed by atoms with van der Waals surface area (Å²) in [7, 11) is 2.32. The molecule has 0 aromatic heterocycles. The van der Waals surface area contributed by atoms with Gasteiger partial charge in [0.1, 0.15) is 0 Å². The number of ether oxygens (including phenoxy) is 3. The molecule has 0 saturated carbocycles. The summed E-state index contributed by atoms with van der Waals surface area (Å²) in [6, 6.07) is 5.93. The molecular formula is C23H20ClF2NO6. The second-order valence-electron chi connectivity index (χ2n) is 6.87.